The van der Waals surface area contributed by atoms with Gasteiger partial charge in [-0.2, -0.15) is 5.10 Å². The normalized spacial score (nSPS) is 15.6. The summed E-state index contributed by atoms with van der Waals surface area (Å²) in [5.41, 5.74) is 9.59. The number of benzene rings is 1. The summed E-state index contributed by atoms with van der Waals surface area (Å²) in [5.74, 6) is 0.993. The topological polar surface area (TPSA) is 60.0 Å². The van der Waals surface area contributed by atoms with E-state index in [4.69, 9.17) is 5.73 Å². The highest BCUT2D eigenvalue weighted by Crippen LogP contribution is 2.24. The Labute approximate surface area is 106 Å². The van der Waals surface area contributed by atoms with Gasteiger partial charge in [0.15, 0.2) is 0 Å². The van der Waals surface area contributed by atoms with Gasteiger partial charge in [-0.05, 0) is 23.6 Å². The standard InChI is InChI=1S/C13H17N5/c1-17-13(15-9-16-17)8-18-6-5-10-3-2-4-12(14)11(10)7-18/h2-4,9H,5-8,14H2,1H3. The Kier molecular flexibility index (Phi) is 2.76. The van der Waals surface area contributed by atoms with E-state index >= 15 is 0 Å². The Hall–Kier alpha value is -1.88. The molecule has 94 valence electrons. The quantitative estimate of drug-likeness (QED) is 0.798. The second kappa shape index (κ2) is 4.42. The molecule has 1 aliphatic rings. The van der Waals surface area contributed by atoms with Crippen LogP contribution in [-0.2, 0) is 26.6 Å². The molecule has 0 fully saturated rings. The zero-order chi connectivity index (χ0) is 12.5. The fraction of sp³-hybridized carbons (Fsp3) is 0.385. The molecule has 1 aliphatic heterocycles. The third-order valence-corrected chi connectivity index (χ3v) is 3.56. The van der Waals surface area contributed by atoms with Gasteiger partial charge in [0.05, 0.1) is 6.54 Å². The fourth-order valence-electron chi connectivity index (χ4n) is 2.46. The third-order valence-electron chi connectivity index (χ3n) is 3.56. The van der Waals surface area contributed by atoms with Crippen molar-refractivity contribution < 1.29 is 0 Å². The molecule has 2 aromatic rings. The van der Waals surface area contributed by atoms with Crippen molar-refractivity contribution in [3.8, 4) is 0 Å². The SMILES string of the molecule is Cn1ncnc1CN1CCc2cccc(N)c2C1. The molecule has 0 unspecified atom stereocenters. The number of aryl methyl sites for hydroxylation is 1. The van der Waals surface area contributed by atoms with E-state index in [1.54, 1.807) is 6.33 Å². The van der Waals surface area contributed by atoms with Crippen molar-refractivity contribution in [3.63, 3.8) is 0 Å². The van der Waals surface area contributed by atoms with Gasteiger partial charge in [0.2, 0.25) is 0 Å². The van der Waals surface area contributed by atoms with Crippen molar-refractivity contribution in [2.75, 3.05) is 12.3 Å². The van der Waals surface area contributed by atoms with Crippen LogP contribution in [0.5, 0.6) is 0 Å². The summed E-state index contributed by atoms with van der Waals surface area (Å²) >= 11 is 0. The molecule has 5 heteroatoms. The van der Waals surface area contributed by atoms with Gasteiger partial charge in [0.25, 0.3) is 0 Å². The first-order valence-electron chi connectivity index (χ1n) is 6.15. The van der Waals surface area contributed by atoms with Crippen molar-refractivity contribution in [1.29, 1.82) is 0 Å². The van der Waals surface area contributed by atoms with Crippen LogP contribution in [0.2, 0.25) is 0 Å². The monoisotopic (exact) mass is 243 g/mol. The predicted molar refractivity (Wildman–Crippen MR) is 69.7 cm³/mol. The summed E-state index contributed by atoms with van der Waals surface area (Å²) in [5, 5.41) is 4.10. The molecule has 1 aromatic heterocycles. The van der Waals surface area contributed by atoms with Crippen LogP contribution in [-0.4, -0.2) is 26.2 Å². The van der Waals surface area contributed by atoms with Crippen molar-refractivity contribution in [3.05, 3.63) is 41.5 Å². The number of rotatable bonds is 2. The van der Waals surface area contributed by atoms with Gasteiger partial charge in [0, 0.05) is 25.8 Å². The molecule has 0 spiro atoms. The van der Waals surface area contributed by atoms with Crippen LogP contribution in [0.25, 0.3) is 0 Å². The average Bonchev–Trinajstić information content (AvgIpc) is 2.76. The van der Waals surface area contributed by atoms with E-state index in [0.717, 1.165) is 37.6 Å². The smallest absolute Gasteiger partial charge is 0.140 e. The lowest BCUT2D eigenvalue weighted by molar-refractivity contribution is 0.236. The third kappa shape index (κ3) is 1.97. The van der Waals surface area contributed by atoms with Gasteiger partial charge >= 0.3 is 0 Å². The Balaban J connectivity index is 1.79. The molecule has 0 aliphatic carbocycles. The van der Waals surface area contributed by atoms with Crippen LogP contribution >= 0.6 is 0 Å². The highest BCUT2D eigenvalue weighted by Gasteiger charge is 2.19. The van der Waals surface area contributed by atoms with Crippen LogP contribution in [0.1, 0.15) is 17.0 Å². The molecule has 0 amide bonds. The summed E-state index contributed by atoms with van der Waals surface area (Å²) in [6.07, 6.45) is 2.65. The zero-order valence-electron chi connectivity index (χ0n) is 10.5. The number of hydrogen-bond donors (Lipinski definition) is 1. The van der Waals surface area contributed by atoms with E-state index in [1.807, 2.05) is 23.9 Å². The molecule has 3 rings (SSSR count). The fourth-order valence-corrected chi connectivity index (χ4v) is 2.46. The van der Waals surface area contributed by atoms with Crippen LogP contribution in [0.3, 0.4) is 0 Å². The van der Waals surface area contributed by atoms with Gasteiger partial charge in [0.1, 0.15) is 12.2 Å². The molecule has 0 radical (unpaired) electrons. The molecule has 5 nitrogen and oxygen atoms in total. The maximum atomic E-state index is 6.05. The van der Waals surface area contributed by atoms with E-state index in [9.17, 15) is 0 Å². The van der Waals surface area contributed by atoms with Crippen molar-refractivity contribution >= 4 is 5.69 Å². The number of nitrogen functional groups attached to an aromatic ring is 1. The Morgan fingerprint density at radius 2 is 2.28 bits per heavy atom. The van der Waals surface area contributed by atoms with E-state index in [0.29, 0.717) is 0 Å². The molecule has 2 heterocycles. The van der Waals surface area contributed by atoms with Crippen LogP contribution in [0.15, 0.2) is 24.5 Å². The summed E-state index contributed by atoms with van der Waals surface area (Å²) in [6, 6.07) is 6.18. The summed E-state index contributed by atoms with van der Waals surface area (Å²) in [6.45, 7) is 2.77. The number of aromatic nitrogens is 3. The van der Waals surface area contributed by atoms with Crippen LogP contribution in [0, 0.1) is 0 Å². The number of hydrogen-bond acceptors (Lipinski definition) is 4. The first kappa shape index (κ1) is 11.2. The molecular formula is C13H17N5. The van der Waals surface area contributed by atoms with Gasteiger partial charge < -0.3 is 5.73 Å². The molecule has 1 aromatic carbocycles. The predicted octanol–water partition coefficient (Wildman–Crippen LogP) is 0.956. The van der Waals surface area contributed by atoms with E-state index in [-0.39, 0.29) is 0 Å². The molecular weight excluding hydrogens is 226 g/mol. The zero-order valence-corrected chi connectivity index (χ0v) is 10.5. The Morgan fingerprint density at radius 3 is 3.06 bits per heavy atom. The molecule has 18 heavy (non-hydrogen) atoms. The first-order chi connectivity index (χ1) is 8.74. The number of anilines is 1. The average molecular weight is 243 g/mol. The molecule has 0 saturated carbocycles. The minimum atomic E-state index is 0.824. The van der Waals surface area contributed by atoms with Crippen molar-refractivity contribution in [2.45, 2.75) is 19.5 Å². The second-order valence-electron chi connectivity index (χ2n) is 4.75. The van der Waals surface area contributed by atoms with Gasteiger partial charge in [-0.25, -0.2) is 4.98 Å². The molecule has 0 atom stereocenters. The Bertz CT molecular complexity index is 560. The van der Waals surface area contributed by atoms with Crippen molar-refractivity contribution in [1.82, 2.24) is 19.7 Å². The molecule has 0 saturated heterocycles. The van der Waals surface area contributed by atoms with Crippen molar-refractivity contribution in [2.24, 2.45) is 7.05 Å². The van der Waals surface area contributed by atoms with E-state index in [2.05, 4.69) is 21.0 Å². The number of nitrogens with zero attached hydrogens (tertiary/aromatic N) is 4. The second-order valence-corrected chi connectivity index (χ2v) is 4.75. The van der Waals surface area contributed by atoms with Gasteiger partial charge in [-0.1, -0.05) is 12.1 Å². The highest BCUT2D eigenvalue weighted by atomic mass is 15.3. The lowest BCUT2D eigenvalue weighted by atomic mass is 9.98. The van der Waals surface area contributed by atoms with Gasteiger partial charge in [-0.15, -0.1) is 0 Å². The minimum absolute atomic E-state index is 0.824. The summed E-state index contributed by atoms with van der Waals surface area (Å²) in [7, 11) is 1.93. The van der Waals surface area contributed by atoms with Crippen LogP contribution < -0.4 is 5.73 Å². The summed E-state index contributed by atoms with van der Waals surface area (Å²) in [4.78, 5) is 6.63. The van der Waals surface area contributed by atoms with E-state index < -0.39 is 0 Å². The largest absolute Gasteiger partial charge is 0.398 e. The van der Waals surface area contributed by atoms with E-state index in [1.165, 1.54) is 11.1 Å². The summed E-state index contributed by atoms with van der Waals surface area (Å²) < 4.78 is 1.82. The van der Waals surface area contributed by atoms with Gasteiger partial charge in [-0.3, -0.25) is 9.58 Å². The number of fused-ring (bicyclic) bond motifs is 1. The highest BCUT2D eigenvalue weighted by molar-refractivity contribution is 5.51. The molecule has 0 bridgehead atoms. The number of nitrogens with two attached hydrogens (primary N) is 1. The van der Waals surface area contributed by atoms with Crippen LogP contribution in [0.4, 0.5) is 5.69 Å². The lowest BCUT2D eigenvalue weighted by Gasteiger charge is -2.29. The minimum Gasteiger partial charge on any atom is -0.398 e. The molecule has 2 N–H and O–H groups in total. The maximum Gasteiger partial charge on any atom is 0.140 e. The maximum absolute atomic E-state index is 6.05. The Morgan fingerprint density at radius 1 is 1.39 bits per heavy atom. The first-order valence-corrected chi connectivity index (χ1v) is 6.15. The lowest BCUT2D eigenvalue weighted by Crippen LogP contribution is -2.31.